The Morgan fingerprint density at radius 3 is 2.65 bits per heavy atom. The molecular formula is C14H17ClN4S. The number of aromatic nitrogens is 3. The van der Waals surface area contributed by atoms with Crippen LogP contribution in [0, 0.1) is 13.8 Å². The molecule has 1 N–H and O–H groups in total. The predicted octanol–water partition coefficient (Wildman–Crippen LogP) is 4.11. The molecule has 0 radical (unpaired) electrons. The second-order valence-corrected chi connectivity index (χ2v) is 5.86. The van der Waals surface area contributed by atoms with Crippen molar-refractivity contribution >= 4 is 29.3 Å². The van der Waals surface area contributed by atoms with Crippen LogP contribution in [-0.2, 0) is 0 Å². The fourth-order valence-electron chi connectivity index (χ4n) is 1.58. The summed E-state index contributed by atoms with van der Waals surface area (Å²) in [5.41, 5.74) is 2.52. The minimum atomic E-state index is 0.213. The standard InChI is InChI=1S/C14H17ClN4S/c1-4-7-16-13-17-12(15)18-14(19-13)20-11-6-5-9(2)10(3)8-11/h5-6,8H,4,7H2,1-3H3,(H,16,17,18,19). The van der Waals surface area contributed by atoms with Gasteiger partial charge in [-0.25, -0.2) is 0 Å². The molecule has 20 heavy (non-hydrogen) atoms. The van der Waals surface area contributed by atoms with E-state index in [0.29, 0.717) is 11.1 Å². The lowest BCUT2D eigenvalue weighted by molar-refractivity contribution is 0.878. The maximum Gasteiger partial charge on any atom is 0.228 e. The Morgan fingerprint density at radius 2 is 1.95 bits per heavy atom. The zero-order chi connectivity index (χ0) is 14.5. The molecule has 0 saturated heterocycles. The van der Waals surface area contributed by atoms with Crippen LogP contribution in [0.2, 0.25) is 5.28 Å². The van der Waals surface area contributed by atoms with E-state index < -0.39 is 0 Å². The van der Waals surface area contributed by atoms with Gasteiger partial charge in [-0.1, -0.05) is 13.0 Å². The van der Waals surface area contributed by atoms with Gasteiger partial charge >= 0.3 is 0 Å². The zero-order valence-electron chi connectivity index (χ0n) is 11.8. The Bertz CT molecular complexity index is 604. The Labute approximate surface area is 128 Å². The number of anilines is 1. The van der Waals surface area contributed by atoms with Crippen molar-refractivity contribution in [2.24, 2.45) is 0 Å². The predicted molar refractivity (Wildman–Crippen MR) is 83.7 cm³/mol. The molecule has 0 amide bonds. The van der Waals surface area contributed by atoms with Gasteiger partial charge in [-0.2, -0.15) is 15.0 Å². The largest absolute Gasteiger partial charge is 0.354 e. The molecule has 0 spiro atoms. The van der Waals surface area contributed by atoms with Gasteiger partial charge in [0.25, 0.3) is 0 Å². The second-order valence-electron chi connectivity index (χ2n) is 4.49. The minimum absolute atomic E-state index is 0.213. The molecule has 0 aliphatic rings. The Morgan fingerprint density at radius 1 is 1.15 bits per heavy atom. The van der Waals surface area contributed by atoms with Gasteiger partial charge in [0, 0.05) is 11.4 Å². The molecule has 0 bridgehead atoms. The summed E-state index contributed by atoms with van der Waals surface area (Å²) >= 11 is 7.42. The third kappa shape index (κ3) is 4.08. The Kier molecular flexibility index (Phi) is 5.20. The fraction of sp³-hybridized carbons (Fsp3) is 0.357. The van der Waals surface area contributed by atoms with Crippen molar-refractivity contribution in [2.75, 3.05) is 11.9 Å². The van der Waals surface area contributed by atoms with Crippen molar-refractivity contribution in [3.05, 3.63) is 34.6 Å². The quantitative estimate of drug-likeness (QED) is 0.900. The summed E-state index contributed by atoms with van der Waals surface area (Å²) in [5, 5.41) is 3.94. The molecule has 1 heterocycles. The van der Waals surface area contributed by atoms with E-state index in [9.17, 15) is 0 Å². The highest BCUT2D eigenvalue weighted by atomic mass is 35.5. The number of nitrogens with zero attached hydrogens (tertiary/aromatic N) is 3. The van der Waals surface area contributed by atoms with Gasteiger partial charge in [-0.3, -0.25) is 0 Å². The molecule has 106 valence electrons. The smallest absolute Gasteiger partial charge is 0.228 e. The third-order valence-corrected chi connectivity index (χ3v) is 3.83. The van der Waals surface area contributed by atoms with Crippen molar-refractivity contribution in [3.8, 4) is 0 Å². The van der Waals surface area contributed by atoms with E-state index in [1.54, 1.807) is 0 Å². The summed E-state index contributed by atoms with van der Waals surface area (Å²) in [4.78, 5) is 13.7. The molecule has 4 nitrogen and oxygen atoms in total. The number of hydrogen-bond acceptors (Lipinski definition) is 5. The molecule has 0 atom stereocenters. The van der Waals surface area contributed by atoms with Crippen LogP contribution in [0.3, 0.4) is 0 Å². The normalized spacial score (nSPS) is 10.6. The van der Waals surface area contributed by atoms with Gasteiger partial charge in [-0.15, -0.1) is 0 Å². The molecule has 0 fully saturated rings. The van der Waals surface area contributed by atoms with Crippen LogP contribution in [0.5, 0.6) is 0 Å². The van der Waals surface area contributed by atoms with E-state index in [1.165, 1.54) is 22.9 Å². The molecule has 2 aromatic rings. The van der Waals surface area contributed by atoms with Gasteiger partial charge < -0.3 is 5.32 Å². The number of benzene rings is 1. The van der Waals surface area contributed by atoms with Crippen LogP contribution in [0.4, 0.5) is 5.95 Å². The van der Waals surface area contributed by atoms with Crippen molar-refractivity contribution in [2.45, 2.75) is 37.2 Å². The van der Waals surface area contributed by atoms with Gasteiger partial charge in [0.15, 0.2) is 5.16 Å². The van der Waals surface area contributed by atoms with Crippen molar-refractivity contribution in [1.82, 2.24) is 15.0 Å². The summed E-state index contributed by atoms with van der Waals surface area (Å²) in [7, 11) is 0. The fourth-order valence-corrected chi connectivity index (χ4v) is 2.63. The lowest BCUT2D eigenvalue weighted by atomic mass is 10.1. The van der Waals surface area contributed by atoms with E-state index in [-0.39, 0.29) is 5.28 Å². The van der Waals surface area contributed by atoms with Crippen molar-refractivity contribution in [1.29, 1.82) is 0 Å². The average Bonchev–Trinajstić information content (AvgIpc) is 2.40. The first kappa shape index (κ1) is 15.1. The lowest BCUT2D eigenvalue weighted by Crippen LogP contribution is -2.06. The summed E-state index contributed by atoms with van der Waals surface area (Å²) in [6.07, 6.45) is 1.00. The van der Waals surface area contributed by atoms with Crippen LogP contribution >= 0.6 is 23.4 Å². The SMILES string of the molecule is CCCNc1nc(Cl)nc(Sc2ccc(C)c(C)c2)n1. The molecule has 0 saturated carbocycles. The van der Waals surface area contributed by atoms with E-state index in [2.05, 4.69) is 59.2 Å². The first-order valence-electron chi connectivity index (χ1n) is 6.49. The van der Waals surface area contributed by atoms with Crippen LogP contribution in [0.25, 0.3) is 0 Å². The van der Waals surface area contributed by atoms with Crippen LogP contribution < -0.4 is 5.32 Å². The number of hydrogen-bond donors (Lipinski definition) is 1. The van der Waals surface area contributed by atoms with E-state index >= 15 is 0 Å². The number of rotatable bonds is 5. The molecule has 6 heteroatoms. The topological polar surface area (TPSA) is 50.7 Å². The summed E-state index contributed by atoms with van der Waals surface area (Å²) in [6.45, 7) is 7.08. The first-order valence-corrected chi connectivity index (χ1v) is 7.68. The monoisotopic (exact) mass is 308 g/mol. The van der Waals surface area contributed by atoms with E-state index in [1.807, 2.05) is 0 Å². The first-order chi connectivity index (χ1) is 9.58. The Hall–Kier alpha value is -1.33. The van der Waals surface area contributed by atoms with Crippen molar-refractivity contribution < 1.29 is 0 Å². The highest BCUT2D eigenvalue weighted by molar-refractivity contribution is 7.99. The minimum Gasteiger partial charge on any atom is -0.354 e. The Balaban J connectivity index is 2.19. The molecular weight excluding hydrogens is 292 g/mol. The van der Waals surface area contributed by atoms with Gasteiger partial charge in [0.05, 0.1) is 0 Å². The average molecular weight is 309 g/mol. The maximum atomic E-state index is 5.94. The van der Waals surface area contributed by atoms with Crippen molar-refractivity contribution in [3.63, 3.8) is 0 Å². The summed E-state index contributed by atoms with van der Waals surface area (Å²) in [6, 6.07) is 6.28. The molecule has 0 aliphatic carbocycles. The van der Waals surface area contributed by atoms with Gasteiger partial charge in [0.2, 0.25) is 11.2 Å². The molecule has 0 unspecified atom stereocenters. The van der Waals surface area contributed by atoms with Crippen LogP contribution in [0.1, 0.15) is 24.5 Å². The highest BCUT2D eigenvalue weighted by Gasteiger charge is 2.07. The molecule has 0 aliphatic heterocycles. The second kappa shape index (κ2) is 6.90. The number of halogens is 1. The third-order valence-electron chi connectivity index (χ3n) is 2.81. The van der Waals surface area contributed by atoms with Crippen LogP contribution in [-0.4, -0.2) is 21.5 Å². The number of nitrogens with one attached hydrogen (secondary N) is 1. The zero-order valence-corrected chi connectivity index (χ0v) is 13.3. The van der Waals surface area contributed by atoms with Gasteiger partial charge in [0.1, 0.15) is 0 Å². The summed E-state index contributed by atoms with van der Waals surface area (Å²) < 4.78 is 0. The van der Waals surface area contributed by atoms with Crippen LogP contribution in [0.15, 0.2) is 28.3 Å². The van der Waals surface area contributed by atoms with E-state index in [4.69, 9.17) is 11.6 Å². The summed E-state index contributed by atoms with van der Waals surface area (Å²) in [5.74, 6) is 0.526. The molecule has 1 aromatic carbocycles. The number of aryl methyl sites for hydroxylation is 2. The highest BCUT2D eigenvalue weighted by Crippen LogP contribution is 2.27. The van der Waals surface area contributed by atoms with Gasteiger partial charge in [-0.05, 0) is 66.9 Å². The molecule has 2 rings (SSSR count). The lowest BCUT2D eigenvalue weighted by Gasteiger charge is -2.06. The maximum absolute atomic E-state index is 5.94. The molecule has 1 aromatic heterocycles. The van der Waals surface area contributed by atoms with E-state index in [0.717, 1.165) is 17.9 Å².